The van der Waals surface area contributed by atoms with Gasteiger partial charge in [-0.2, -0.15) is 0 Å². The van der Waals surface area contributed by atoms with Crippen LogP contribution in [-0.2, 0) is 9.53 Å². The lowest BCUT2D eigenvalue weighted by Crippen LogP contribution is -2.36. The number of para-hydroxylation sites is 1. The van der Waals surface area contributed by atoms with Gasteiger partial charge in [0.2, 0.25) is 5.91 Å². The van der Waals surface area contributed by atoms with Gasteiger partial charge in [-0.15, -0.1) is 0 Å². The number of ether oxygens (including phenoxy) is 1. The fourth-order valence-corrected chi connectivity index (χ4v) is 2.34. The van der Waals surface area contributed by atoms with E-state index in [2.05, 4.69) is 10.1 Å². The number of hydrogen-bond donors (Lipinski definition) is 1. The van der Waals surface area contributed by atoms with E-state index in [1.165, 1.54) is 7.11 Å². The van der Waals surface area contributed by atoms with Crippen molar-refractivity contribution in [2.75, 3.05) is 30.4 Å². The number of anilines is 2. The number of methoxy groups -OCH3 is 1. The molecule has 0 unspecified atom stereocenters. The average Bonchev–Trinajstić information content (AvgIpc) is 2.64. The molecule has 0 aliphatic heterocycles. The minimum Gasteiger partial charge on any atom is -0.465 e. The van der Waals surface area contributed by atoms with Crippen molar-refractivity contribution < 1.29 is 14.3 Å². The highest BCUT2D eigenvalue weighted by molar-refractivity contribution is 5.96. The van der Waals surface area contributed by atoms with Gasteiger partial charge in [0.25, 0.3) is 0 Å². The Morgan fingerprint density at radius 1 is 1.04 bits per heavy atom. The Morgan fingerprint density at radius 3 is 2.29 bits per heavy atom. The van der Waals surface area contributed by atoms with Crippen LogP contribution in [0.1, 0.15) is 23.7 Å². The second kappa shape index (κ2) is 8.72. The highest BCUT2D eigenvalue weighted by atomic mass is 16.5. The van der Waals surface area contributed by atoms with Gasteiger partial charge in [0.05, 0.1) is 19.2 Å². The number of amides is 1. The highest BCUT2D eigenvalue weighted by Gasteiger charge is 2.14. The molecule has 0 atom stereocenters. The molecular weight excluding hydrogens is 304 g/mol. The van der Waals surface area contributed by atoms with E-state index in [0.29, 0.717) is 12.1 Å². The number of nitrogens with one attached hydrogen (secondary N) is 1. The van der Waals surface area contributed by atoms with E-state index < -0.39 is 0 Å². The zero-order valence-corrected chi connectivity index (χ0v) is 14.0. The molecule has 0 aliphatic carbocycles. The molecular formula is C19H22N2O3. The second-order valence-corrected chi connectivity index (χ2v) is 5.30. The predicted molar refractivity (Wildman–Crippen MR) is 95.4 cm³/mol. The number of carbonyl (C=O) groups excluding carboxylic acids is 2. The molecule has 0 saturated heterocycles. The molecule has 5 heteroatoms. The van der Waals surface area contributed by atoms with E-state index in [0.717, 1.165) is 17.8 Å². The molecule has 0 aliphatic rings. The van der Waals surface area contributed by atoms with Gasteiger partial charge in [0, 0.05) is 17.9 Å². The van der Waals surface area contributed by atoms with Crippen LogP contribution in [0.3, 0.4) is 0 Å². The number of esters is 1. The third-order valence-electron chi connectivity index (χ3n) is 3.57. The van der Waals surface area contributed by atoms with Crippen molar-refractivity contribution in [1.29, 1.82) is 0 Å². The van der Waals surface area contributed by atoms with Crippen molar-refractivity contribution in [3.05, 3.63) is 60.2 Å². The Kier molecular flexibility index (Phi) is 6.37. The van der Waals surface area contributed by atoms with E-state index in [-0.39, 0.29) is 18.4 Å². The van der Waals surface area contributed by atoms with E-state index in [1.54, 1.807) is 29.2 Å². The summed E-state index contributed by atoms with van der Waals surface area (Å²) < 4.78 is 4.66. The van der Waals surface area contributed by atoms with Crippen molar-refractivity contribution in [2.45, 2.75) is 13.3 Å². The number of benzene rings is 2. The van der Waals surface area contributed by atoms with Gasteiger partial charge in [-0.25, -0.2) is 4.79 Å². The van der Waals surface area contributed by atoms with E-state index >= 15 is 0 Å². The minimum absolute atomic E-state index is 0.0000874. The maximum atomic E-state index is 12.5. The standard InChI is InChI=1S/C19H22N2O3/c1-3-13-21(17-7-5-4-6-8-17)18(22)14-20-16-11-9-15(10-12-16)19(23)24-2/h4-12,20H,3,13-14H2,1-2H3. The van der Waals surface area contributed by atoms with Crippen LogP contribution in [0.25, 0.3) is 0 Å². The van der Waals surface area contributed by atoms with Gasteiger partial charge in [0.15, 0.2) is 0 Å². The summed E-state index contributed by atoms with van der Waals surface area (Å²) in [5.74, 6) is -0.379. The fourth-order valence-electron chi connectivity index (χ4n) is 2.34. The summed E-state index contributed by atoms with van der Waals surface area (Å²) in [5.41, 5.74) is 2.15. The van der Waals surface area contributed by atoms with E-state index in [9.17, 15) is 9.59 Å². The summed E-state index contributed by atoms with van der Waals surface area (Å²) in [7, 11) is 1.35. The van der Waals surface area contributed by atoms with Crippen LogP contribution in [0.15, 0.2) is 54.6 Å². The first-order valence-electron chi connectivity index (χ1n) is 7.93. The molecule has 1 N–H and O–H groups in total. The summed E-state index contributed by atoms with van der Waals surface area (Å²) in [4.78, 5) is 25.7. The lowest BCUT2D eigenvalue weighted by atomic mass is 10.2. The van der Waals surface area contributed by atoms with Crippen molar-refractivity contribution in [3.63, 3.8) is 0 Å². The summed E-state index contributed by atoms with van der Waals surface area (Å²) in [6.45, 7) is 2.90. The van der Waals surface area contributed by atoms with Crippen molar-refractivity contribution >= 4 is 23.3 Å². The van der Waals surface area contributed by atoms with Crippen LogP contribution < -0.4 is 10.2 Å². The first kappa shape index (κ1) is 17.5. The summed E-state index contributed by atoms with van der Waals surface area (Å²) in [5, 5.41) is 3.09. The molecule has 2 rings (SSSR count). The SMILES string of the molecule is CCCN(C(=O)CNc1ccc(C(=O)OC)cc1)c1ccccc1. The maximum absolute atomic E-state index is 12.5. The quantitative estimate of drug-likeness (QED) is 0.793. The minimum atomic E-state index is -0.379. The Morgan fingerprint density at radius 2 is 1.71 bits per heavy atom. The summed E-state index contributed by atoms with van der Waals surface area (Å²) >= 11 is 0. The second-order valence-electron chi connectivity index (χ2n) is 5.30. The first-order chi connectivity index (χ1) is 11.7. The first-order valence-corrected chi connectivity index (χ1v) is 7.93. The normalized spacial score (nSPS) is 10.1. The Labute approximate surface area is 142 Å². The van der Waals surface area contributed by atoms with Crippen LogP contribution in [0.4, 0.5) is 11.4 Å². The largest absolute Gasteiger partial charge is 0.465 e. The lowest BCUT2D eigenvalue weighted by molar-refractivity contribution is -0.117. The van der Waals surface area contributed by atoms with E-state index in [4.69, 9.17) is 0 Å². The fraction of sp³-hybridized carbons (Fsp3) is 0.263. The zero-order chi connectivity index (χ0) is 17.4. The van der Waals surface area contributed by atoms with Gasteiger partial charge in [-0.05, 0) is 42.8 Å². The van der Waals surface area contributed by atoms with Crippen LogP contribution in [0.5, 0.6) is 0 Å². The van der Waals surface area contributed by atoms with Crippen LogP contribution >= 0.6 is 0 Å². The molecule has 2 aromatic rings. The Bertz CT molecular complexity index is 669. The predicted octanol–water partition coefficient (Wildman–Crippen LogP) is 3.33. The molecule has 0 bridgehead atoms. The number of hydrogen-bond acceptors (Lipinski definition) is 4. The number of rotatable bonds is 7. The van der Waals surface area contributed by atoms with Gasteiger partial charge >= 0.3 is 5.97 Å². The molecule has 0 heterocycles. The lowest BCUT2D eigenvalue weighted by Gasteiger charge is -2.22. The summed E-state index contributed by atoms with van der Waals surface area (Å²) in [6, 6.07) is 16.5. The molecule has 0 radical (unpaired) electrons. The van der Waals surface area contributed by atoms with Gasteiger partial charge in [0.1, 0.15) is 0 Å². The van der Waals surface area contributed by atoms with Crippen molar-refractivity contribution in [2.24, 2.45) is 0 Å². The Hall–Kier alpha value is -2.82. The van der Waals surface area contributed by atoms with Crippen LogP contribution in [0.2, 0.25) is 0 Å². The smallest absolute Gasteiger partial charge is 0.337 e. The van der Waals surface area contributed by atoms with Crippen LogP contribution in [0, 0.1) is 0 Å². The van der Waals surface area contributed by atoms with Gasteiger partial charge < -0.3 is 15.0 Å². The molecule has 0 spiro atoms. The number of nitrogens with zero attached hydrogens (tertiary/aromatic N) is 1. The number of carbonyl (C=O) groups is 2. The van der Waals surface area contributed by atoms with Gasteiger partial charge in [-0.3, -0.25) is 4.79 Å². The summed E-state index contributed by atoms with van der Waals surface area (Å²) in [6.07, 6.45) is 0.883. The highest BCUT2D eigenvalue weighted by Crippen LogP contribution is 2.15. The third-order valence-corrected chi connectivity index (χ3v) is 3.57. The third kappa shape index (κ3) is 4.59. The maximum Gasteiger partial charge on any atom is 0.337 e. The molecule has 24 heavy (non-hydrogen) atoms. The van der Waals surface area contributed by atoms with Crippen LogP contribution in [-0.4, -0.2) is 32.1 Å². The molecule has 126 valence electrons. The molecule has 0 aromatic heterocycles. The van der Waals surface area contributed by atoms with Gasteiger partial charge in [-0.1, -0.05) is 25.1 Å². The molecule has 5 nitrogen and oxygen atoms in total. The van der Waals surface area contributed by atoms with Crippen molar-refractivity contribution in [3.8, 4) is 0 Å². The average molecular weight is 326 g/mol. The Balaban J connectivity index is 1.99. The molecule has 0 saturated carbocycles. The molecule has 0 fully saturated rings. The molecule has 1 amide bonds. The topological polar surface area (TPSA) is 58.6 Å². The monoisotopic (exact) mass is 326 g/mol. The van der Waals surface area contributed by atoms with E-state index in [1.807, 2.05) is 37.3 Å². The van der Waals surface area contributed by atoms with Crippen molar-refractivity contribution in [1.82, 2.24) is 0 Å². The zero-order valence-electron chi connectivity index (χ0n) is 14.0. The molecule has 2 aromatic carbocycles.